The van der Waals surface area contributed by atoms with Gasteiger partial charge in [-0.3, -0.25) is 9.36 Å². The van der Waals surface area contributed by atoms with Crippen LogP contribution in [0.3, 0.4) is 0 Å². The van der Waals surface area contributed by atoms with Crippen LogP contribution < -0.4 is 10.7 Å². The standard InChI is InChI=1S/C24H29N3O4/c1-25(2)19-11-9-18(10-12-19)16-26(17-20-6-5-15-30-20)23(28)13-14-27-21-7-3-4-8-22(21)31-24(27)29/h3-4,7-12,20H,5-6,13-17H2,1-2H3. The number of benzene rings is 2. The average molecular weight is 424 g/mol. The van der Waals surface area contributed by atoms with Crippen molar-refractivity contribution in [3.05, 3.63) is 64.6 Å². The van der Waals surface area contributed by atoms with Crippen molar-refractivity contribution < 1.29 is 13.9 Å². The highest BCUT2D eigenvalue weighted by atomic mass is 16.5. The minimum absolute atomic E-state index is 0.00404. The number of carbonyl (C=O) groups is 1. The lowest BCUT2D eigenvalue weighted by molar-refractivity contribution is -0.133. The van der Waals surface area contributed by atoms with Crippen molar-refractivity contribution >= 4 is 22.7 Å². The normalized spacial score (nSPS) is 16.0. The highest BCUT2D eigenvalue weighted by Gasteiger charge is 2.23. The van der Waals surface area contributed by atoms with Crippen LogP contribution in [0.1, 0.15) is 24.8 Å². The number of rotatable bonds is 8. The van der Waals surface area contributed by atoms with Gasteiger partial charge in [-0.1, -0.05) is 24.3 Å². The molecule has 1 atom stereocenters. The fraction of sp³-hybridized carbons (Fsp3) is 0.417. The van der Waals surface area contributed by atoms with Crippen molar-refractivity contribution in [2.45, 2.75) is 38.5 Å². The molecule has 0 aliphatic carbocycles. The number of amides is 1. The summed E-state index contributed by atoms with van der Waals surface area (Å²) in [6.07, 6.45) is 2.30. The number of oxazole rings is 1. The number of aromatic nitrogens is 1. The molecule has 1 unspecified atom stereocenters. The Morgan fingerprint density at radius 2 is 1.90 bits per heavy atom. The Bertz CT molecular complexity index is 1080. The summed E-state index contributed by atoms with van der Waals surface area (Å²) in [5.41, 5.74) is 3.44. The molecule has 3 aromatic rings. The third-order valence-electron chi connectivity index (χ3n) is 5.75. The monoisotopic (exact) mass is 423 g/mol. The lowest BCUT2D eigenvalue weighted by atomic mass is 10.1. The molecular weight excluding hydrogens is 394 g/mol. The Hall–Kier alpha value is -3.06. The second-order valence-corrected chi connectivity index (χ2v) is 8.21. The summed E-state index contributed by atoms with van der Waals surface area (Å²) >= 11 is 0. The number of aryl methyl sites for hydroxylation is 1. The molecule has 0 saturated carbocycles. The predicted molar refractivity (Wildman–Crippen MR) is 120 cm³/mol. The molecule has 0 bridgehead atoms. The third kappa shape index (κ3) is 4.99. The molecule has 2 aromatic carbocycles. The number of carbonyl (C=O) groups excluding carboxylic acids is 1. The molecule has 1 saturated heterocycles. The van der Waals surface area contributed by atoms with E-state index in [1.807, 2.05) is 42.1 Å². The quantitative estimate of drug-likeness (QED) is 0.556. The molecule has 2 heterocycles. The second kappa shape index (κ2) is 9.39. The van der Waals surface area contributed by atoms with Gasteiger partial charge in [0.25, 0.3) is 0 Å². The van der Waals surface area contributed by atoms with E-state index in [4.69, 9.17) is 9.15 Å². The molecule has 7 nitrogen and oxygen atoms in total. The van der Waals surface area contributed by atoms with Gasteiger partial charge in [-0.15, -0.1) is 0 Å². The topological polar surface area (TPSA) is 67.9 Å². The number of fused-ring (bicyclic) bond motifs is 1. The number of nitrogens with zero attached hydrogens (tertiary/aromatic N) is 3. The van der Waals surface area contributed by atoms with Gasteiger partial charge in [0.2, 0.25) is 5.91 Å². The van der Waals surface area contributed by atoms with E-state index in [0.29, 0.717) is 24.2 Å². The van der Waals surface area contributed by atoms with Crippen LogP contribution in [0.5, 0.6) is 0 Å². The van der Waals surface area contributed by atoms with Gasteiger partial charge < -0.3 is 19.0 Å². The van der Waals surface area contributed by atoms with E-state index < -0.39 is 5.76 Å². The van der Waals surface area contributed by atoms with Gasteiger partial charge in [0.05, 0.1) is 11.6 Å². The van der Waals surface area contributed by atoms with E-state index in [9.17, 15) is 9.59 Å². The third-order valence-corrected chi connectivity index (χ3v) is 5.75. The molecule has 1 fully saturated rings. The van der Waals surface area contributed by atoms with Gasteiger partial charge >= 0.3 is 5.76 Å². The van der Waals surface area contributed by atoms with Crippen LogP contribution in [0, 0.1) is 0 Å². The zero-order valence-electron chi connectivity index (χ0n) is 18.1. The van der Waals surface area contributed by atoms with Crippen LogP contribution in [0.2, 0.25) is 0 Å². The van der Waals surface area contributed by atoms with Gasteiger partial charge in [-0.05, 0) is 42.7 Å². The second-order valence-electron chi connectivity index (χ2n) is 8.21. The Morgan fingerprint density at radius 1 is 1.13 bits per heavy atom. The van der Waals surface area contributed by atoms with Gasteiger partial charge in [-0.25, -0.2) is 4.79 Å². The highest BCUT2D eigenvalue weighted by Crippen LogP contribution is 2.19. The zero-order chi connectivity index (χ0) is 21.8. The van der Waals surface area contributed by atoms with Crippen LogP contribution in [0.4, 0.5) is 5.69 Å². The van der Waals surface area contributed by atoms with E-state index in [1.165, 1.54) is 4.57 Å². The Balaban J connectivity index is 1.47. The van der Waals surface area contributed by atoms with Crippen LogP contribution >= 0.6 is 0 Å². The summed E-state index contributed by atoms with van der Waals surface area (Å²) < 4.78 is 12.6. The van der Waals surface area contributed by atoms with Crippen LogP contribution in [-0.2, 0) is 22.6 Å². The zero-order valence-corrected chi connectivity index (χ0v) is 18.1. The highest BCUT2D eigenvalue weighted by molar-refractivity contribution is 5.77. The van der Waals surface area contributed by atoms with Gasteiger partial charge in [-0.2, -0.15) is 0 Å². The Labute approximate surface area is 181 Å². The lowest BCUT2D eigenvalue weighted by Gasteiger charge is -2.26. The number of para-hydroxylation sites is 2. The molecule has 7 heteroatoms. The first-order valence-corrected chi connectivity index (χ1v) is 10.8. The first-order valence-electron chi connectivity index (χ1n) is 10.8. The van der Waals surface area contributed by atoms with Crippen molar-refractivity contribution in [2.24, 2.45) is 0 Å². The van der Waals surface area contributed by atoms with Crippen LogP contribution in [0.15, 0.2) is 57.7 Å². The maximum atomic E-state index is 13.2. The van der Waals surface area contributed by atoms with E-state index in [2.05, 4.69) is 24.3 Å². The Kier molecular flexibility index (Phi) is 6.42. The van der Waals surface area contributed by atoms with Crippen molar-refractivity contribution in [3.8, 4) is 0 Å². The summed E-state index contributed by atoms with van der Waals surface area (Å²) in [5.74, 6) is -0.427. The van der Waals surface area contributed by atoms with E-state index in [0.717, 1.165) is 30.7 Å². The van der Waals surface area contributed by atoms with E-state index in [-0.39, 0.29) is 25.0 Å². The molecule has 0 spiro atoms. The molecule has 4 rings (SSSR count). The largest absolute Gasteiger partial charge is 0.419 e. The minimum atomic E-state index is -0.432. The number of hydrogen-bond donors (Lipinski definition) is 0. The molecule has 0 N–H and O–H groups in total. The summed E-state index contributed by atoms with van der Waals surface area (Å²) in [6.45, 7) is 2.12. The fourth-order valence-electron chi connectivity index (χ4n) is 4.00. The molecule has 1 aromatic heterocycles. The minimum Gasteiger partial charge on any atom is -0.408 e. The van der Waals surface area contributed by atoms with Crippen molar-refractivity contribution in [1.29, 1.82) is 0 Å². The smallest absolute Gasteiger partial charge is 0.408 e. The molecule has 1 aliphatic heterocycles. The average Bonchev–Trinajstić information content (AvgIpc) is 3.39. The van der Waals surface area contributed by atoms with Crippen LogP contribution in [-0.4, -0.2) is 48.7 Å². The molecule has 1 amide bonds. The Morgan fingerprint density at radius 3 is 2.61 bits per heavy atom. The maximum Gasteiger partial charge on any atom is 0.419 e. The maximum absolute atomic E-state index is 13.2. The molecule has 1 aliphatic rings. The molecule has 31 heavy (non-hydrogen) atoms. The van der Waals surface area contributed by atoms with Crippen molar-refractivity contribution in [1.82, 2.24) is 9.47 Å². The van der Waals surface area contributed by atoms with Gasteiger partial charge in [0.1, 0.15) is 0 Å². The van der Waals surface area contributed by atoms with Gasteiger partial charge in [0.15, 0.2) is 5.58 Å². The summed E-state index contributed by atoms with van der Waals surface area (Å²) in [6, 6.07) is 15.5. The summed E-state index contributed by atoms with van der Waals surface area (Å²) in [5, 5.41) is 0. The fourth-order valence-corrected chi connectivity index (χ4v) is 4.00. The predicted octanol–water partition coefficient (Wildman–Crippen LogP) is 3.26. The SMILES string of the molecule is CN(C)c1ccc(CN(CC2CCCO2)C(=O)CCn2c(=O)oc3ccccc32)cc1. The van der Waals surface area contributed by atoms with Crippen molar-refractivity contribution in [2.75, 3.05) is 32.1 Å². The number of ether oxygens (including phenoxy) is 1. The summed E-state index contributed by atoms with van der Waals surface area (Å²) in [4.78, 5) is 29.3. The van der Waals surface area contributed by atoms with Crippen LogP contribution in [0.25, 0.3) is 11.1 Å². The van der Waals surface area contributed by atoms with E-state index >= 15 is 0 Å². The molecule has 164 valence electrons. The lowest BCUT2D eigenvalue weighted by Crippen LogP contribution is -2.37. The molecular formula is C24H29N3O4. The number of hydrogen-bond acceptors (Lipinski definition) is 5. The van der Waals surface area contributed by atoms with Gasteiger partial charge in [0, 0.05) is 52.4 Å². The van der Waals surface area contributed by atoms with Crippen molar-refractivity contribution in [3.63, 3.8) is 0 Å². The first kappa shape index (κ1) is 21.2. The first-order chi connectivity index (χ1) is 15.0. The number of anilines is 1. The molecule has 0 radical (unpaired) electrons. The van der Waals surface area contributed by atoms with E-state index in [1.54, 1.807) is 6.07 Å². The summed E-state index contributed by atoms with van der Waals surface area (Å²) in [7, 11) is 4.01.